The van der Waals surface area contributed by atoms with Crippen molar-refractivity contribution in [3.05, 3.63) is 52.6 Å². The minimum Gasteiger partial charge on any atom is -0.0891 e. The summed E-state index contributed by atoms with van der Waals surface area (Å²) < 4.78 is 0. The highest BCUT2D eigenvalue weighted by Gasteiger charge is 2.05. The molecule has 0 heterocycles. The first-order valence-corrected chi connectivity index (χ1v) is 5.26. The highest BCUT2D eigenvalue weighted by molar-refractivity contribution is 6.29. The van der Waals surface area contributed by atoms with Gasteiger partial charge in [0.15, 0.2) is 0 Å². The monoisotopic (exact) mass is 204 g/mol. The van der Waals surface area contributed by atoms with E-state index < -0.39 is 0 Å². The Morgan fingerprint density at radius 3 is 2.29 bits per heavy atom. The van der Waals surface area contributed by atoms with Crippen LogP contribution in [0.25, 0.3) is 5.57 Å². The molecule has 0 radical (unpaired) electrons. The Bertz CT molecular complexity index is 382. The van der Waals surface area contributed by atoms with Gasteiger partial charge in [-0.05, 0) is 37.0 Å². The number of benzene rings is 1. The van der Waals surface area contributed by atoms with E-state index in [0.29, 0.717) is 0 Å². The summed E-state index contributed by atoms with van der Waals surface area (Å²) in [5.74, 6) is 0. The Balaban J connectivity index is 2.28. The first-order valence-electron chi connectivity index (χ1n) is 4.88. The first-order chi connectivity index (χ1) is 6.75. The van der Waals surface area contributed by atoms with Gasteiger partial charge in [0.1, 0.15) is 0 Å². The molecule has 0 unspecified atom stereocenters. The molecule has 0 spiro atoms. The molecule has 1 aliphatic carbocycles. The van der Waals surface area contributed by atoms with Crippen LogP contribution < -0.4 is 0 Å². The number of hydrogen-bond donors (Lipinski definition) is 0. The largest absolute Gasteiger partial charge is 0.0891 e. The van der Waals surface area contributed by atoms with E-state index in [1.54, 1.807) is 0 Å². The van der Waals surface area contributed by atoms with Crippen molar-refractivity contribution in [3.63, 3.8) is 0 Å². The van der Waals surface area contributed by atoms with Crippen LogP contribution in [0.5, 0.6) is 0 Å². The van der Waals surface area contributed by atoms with Crippen LogP contribution in [0.3, 0.4) is 0 Å². The van der Waals surface area contributed by atoms with E-state index in [-0.39, 0.29) is 0 Å². The van der Waals surface area contributed by atoms with E-state index in [2.05, 4.69) is 37.3 Å². The maximum absolute atomic E-state index is 5.91. The molecule has 1 aromatic carbocycles. The SMILES string of the molecule is Cc1ccc(C2=CC=C(Cl)CC2)cc1. The van der Waals surface area contributed by atoms with Crippen LogP contribution in [-0.2, 0) is 0 Å². The van der Waals surface area contributed by atoms with Crippen molar-refractivity contribution in [1.82, 2.24) is 0 Å². The normalized spacial score (nSPS) is 16.1. The van der Waals surface area contributed by atoms with Gasteiger partial charge in [-0.1, -0.05) is 47.5 Å². The quantitative estimate of drug-likeness (QED) is 0.640. The van der Waals surface area contributed by atoms with Gasteiger partial charge in [-0.2, -0.15) is 0 Å². The molecule has 0 nitrogen and oxygen atoms in total. The van der Waals surface area contributed by atoms with Gasteiger partial charge in [0, 0.05) is 5.03 Å². The van der Waals surface area contributed by atoms with Crippen LogP contribution in [0.1, 0.15) is 24.0 Å². The van der Waals surface area contributed by atoms with Crippen molar-refractivity contribution in [2.45, 2.75) is 19.8 Å². The second-order valence-corrected chi connectivity index (χ2v) is 4.16. The molecule has 14 heavy (non-hydrogen) atoms. The first kappa shape index (κ1) is 9.54. The number of aryl methyl sites for hydroxylation is 1. The minimum atomic E-state index is 0.959. The average Bonchev–Trinajstić information content (AvgIpc) is 2.21. The van der Waals surface area contributed by atoms with Crippen molar-refractivity contribution in [2.24, 2.45) is 0 Å². The van der Waals surface area contributed by atoms with Crippen LogP contribution in [0.4, 0.5) is 0 Å². The number of allylic oxidation sites excluding steroid dienone is 4. The molecule has 72 valence electrons. The van der Waals surface area contributed by atoms with Crippen molar-refractivity contribution in [1.29, 1.82) is 0 Å². The van der Waals surface area contributed by atoms with Gasteiger partial charge in [-0.3, -0.25) is 0 Å². The van der Waals surface area contributed by atoms with Gasteiger partial charge < -0.3 is 0 Å². The maximum atomic E-state index is 5.91. The summed E-state index contributed by atoms with van der Waals surface area (Å²) in [7, 11) is 0. The van der Waals surface area contributed by atoms with Gasteiger partial charge in [-0.15, -0.1) is 0 Å². The zero-order valence-electron chi connectivity index (χ0n) is 8.26. The lowest BCUT2D eigenvalue weighted by molar-refractivity contribution is 1.03. The molecule has 0 amide bonds. The van der Waals surface area contributed by atoms with E-state index in [1.807, 2.05) is 6.08 Å². The van der Waals surface area contributed by atoms with Crippen LogP contribution >= 0.6 is 11.6 Å². The Hall–Kier alpha value is -1.01. The second-order valence-electron chi connectivity index (χ2n) is 3.67. The Morgan fingerprint density at radius 1 is 1.00 bits per heavy atom. The maximum Gasteiger partial charge on any atom is 0.0184 e. The third-order valence-corrected chi connectivity index (χ3v) is 2.84. The Labute approximate surface area is 89.9 Å². The zero-order chi connectivity index (χ0) is 9.97. The molecule has 0 N–H and O–H groups in total. The highest BCUT2D eigenvalue weighted by atomic mass is 35.5. The molecule has 0 aliphatic heterocycles. The fraction of sp³-hybridized carbons (Fsp3) is 0.231. The smallest absolute Gasteiger partial charge is 0.0184 e. The van der Waals surface area contributed by atoms with E-state index in [0.717, 1.165) is 17.9 Å². The van der Waals surface area contributed by atoms with E-state index in [1.165, 1.54) is 16.7 Å². The predicted molar refractivity (Wildman–Crippen MR) is 62.3 cm³/mol. The molecule has 2 rings (SSSR count). The molecule has 0 aromatic heterocycles. The summed E-state index contributed by atoms with van der Waals surface area (Å²) in [6.45, 7) is 2.11. The zero-order valence-corrected chi connectivity index (χ0v) is 9.01. The molecular weight excluding hydrogens is 192 g/mol. The number of hydrogen-bond acceptors (Lipinski definition) is 0. The second kappa shape index (κ2) is 4.02. The molecule has 0 fully saturated rings. The molecular formula is C13H13Cl. The third-order valence-electron chi connectivity index (χ3n) is 2.52. The fourth-order valence-electron chi connectivity index (χ4n) is 1.62. The molecule has 1 aliphatic rings. The van der Waals surface area contributed by atoms with Crippen molar-refractivity contribution < 1.29 is 0 Å². The van der Waals surface area contributed by atoms with E-state index in [9.17, 15) is 0 Å². The van der Waals surface area contributed by atoms with Gasteiger partial charge in [0.25, 0.3) is 0 Å². The van der Waals surface area contributed by atoms with Gasteiger partial charge in [-0.25, -0.2) is 0 Å². The lowest BCUT2D eigenvalue weighted by Gasteiger charge is -2.11. The molecule has 0 bridgehead atoms. The van der Waals surface area contributed by atoms with E-state index in [4.69, 9.17) is 11.6 Å². The minimum absolute atomic E-state index is 0.959. The van der Waals surface area contributed by atoms with Crippen molar-refractivity contribution >= 4 is 17.2 Å². The van der Waals surface area contributed by atoms with Gasteiger partial charge in [0.2, 0.25) is 0 Å². The topological polar surface area (TPSA) is 0 Å². The van der Waals surface area contributed by atoms with E-state index >= 15 is 0 Å². The number of halogens is 1. The fourth-order valence-corrected chi connectivity index (χ4v) is 1.78. The molecule has 1 heteroatoms. The summed E-state index contributed by atoms with van der Waals surface area (Å²) in [6.07, 6.45) is 6.15. The molecule has 0 saturated carbocycles. The Morgan fingerprint density at radius 2 is 1.71 bits per heavy atom. The predicted octanol–water partition coefficient (Wildman–Crippen LogP) is 4.29. The average molecular weight is 205 g/mol. The van der Waals surface area contributed by atoms with Crippen molar-refractivity contribution in [2.75, 3.05) is 0 Å². The van der Waals surface area contributed by atoms with Crippen LogP contribution in [0.15, 0.2) is 41.4 Å². The molecule has 0 saturated heterocycles. The third kappa shape index (κ3) is 2.08. The van der Waals surface area contributed by atoms with Crippen LogP contribution in [0.2, 0.25) is 0 Å². The van der Waals surface area contributed by atoms with Gasteiger partial charge >= 0.3 is 0 Å². The summed E-state index contributed by atoms with van der Waals surface area (Å²) in [6, 6.07) is 8.65. The summed E-state index contributed by atoms with van der Waals surface area (Å²) in [4.78, 5) is 0. The standard InChI is InChI=1S/C13H13Cl/c1-10-2-4-11(5-3-10)12-6-8-13(14)9-7-12/h2-6,8H,7,9H2,1H3. The Kier molecular flexibility index (Phi) is 2.74. The summed E-state index contributed by atoms with van der Waals surface area (Å²) in [5, 5.41) is 0.959. The van der Waals surface area contributed by atoms with Crippen LogP contribution in [-0.4, -0.2) is 0 Å². The number of rotatable bonds is 1. The van der Waals surface area contributed by atoms with Crippen molar-refractivity contribution in [3.8, 4) is 0 Å². The lowest BCUT2D eigenvalue weighted by atomic mass is 9.97. The highest BCUT2D eigenvalue weighted by Crippen LogP contribution is 2.28. The molecule has 0 atom stereocenters. The lowest BCUT2D eigenvalue weighted by Crippen LogP contribution is -1.90. The van der Waals surface area contributed by atoms with Crippen LogP contribution in [0, 0.1) is 6.92 Å². The summed E-state index contributed by atoms with van der Waals surface area (Å²) in [5.41, 5.74) is 4.00. The summed E-state index contributed by atoms with van der Waals surface area (Å²) >= 11 is 5.91. The molecule has 1 aromatic rings. The van der Waals surface area contributed by atoms with Gasteiger partial charge in [0.05, 0.1) is 0 Å².